The Hall–Kier alpha value is -3.02. The van der Waals surface area contributed by atoms with Crippen LogP contribution in [-0.4, -0.2) is 38.1 Å². The standard InChI is InChI=1S/C21H25N3O3/c1-4-24(5-2)16-12-10-15(11-13-16)22-20(25)14-19-21(26)23(3)17-8-6-7-9-18(17)27-19/h6-13,19H,4-5,14H2,1-3H3,(H,22,25). The third-order valence-corrected chi connectivity index (χ3v) is 4.75. The summed E-state index contributed by atoms with van der Waals surface area (Å²) in [5.74, 6) is 0.137. The third-order valence-electron chi connectivity index (χ3n) is 4.75. The molecule has 142 valence electrons. The number of amides is 2. The summed E-state index contributed by atoms with van der Waals surface area (Å²) in [6.07, 6.45) is -0.852. The highest BCUT2D eigenvalue weighted by atomic mass is 16.5. The Bertz CT molecular complexity index is 816. The molecule has 1 aliphatic rings. The number of anilines is 3. The summed E-state index contributed by atoms with van der Waals surface area (Å²) in [6, 6.07) is 15.0. The Kier molecular flexibility index (Phi) is 5.64. The molecule has 2 amide bonds. The fourth-order valence-electron chi connectivity index (χ4n) is 3.23. The van der Waals surface area contributed by atoms with Gasteiger partial charge in [-0.05, 0) is 50.2 Å². The van der Waals surface area contributed by atoms with E-state index in [2.05, 4.69) is 24.1 Å². The minimum absolute atomic E-state index is 0.0324. The van der Waals surface area contributed by atoms with Crippen molar-refractivity contribution in [1.82, 2.24) is 0 Å². The summed E-state index contributed by atoms with van der Waals surface area (Å²) in [5, 5.41) is 2.84. The molecule has 27 heavy (non-hydrogen) atoms. The number of nitrogens with one attached hydrogen (secondary N) is 1. The van der Waals surface area contributed by atoms with Gasteiger partial charge in [0.25, 0.3) is 5.91 Å². The van der Waals surface area contributed by atoms with E-state index in [0.717, 1.165) is 18.8 Å². The molecule has 0 saturated carbocycles. The molecule has 1 N–H and O–H groups in total. The van der Waals surface area contributed by atoms with Gasteiger partial charge in [0, 0.05) is 31.5 Å². The maximum atomic E-state index is 12.5. The van der Waals surface area contributed by atoms with Gasteiger partial charge in [-0.25, -0.2) is 0 Å². The first-order valence-electron chi connectivity index (χ1n) is 9.21. The van der Waals surface area contributed by atoms with Crippen molar-refractivity contribution in [1.29, 1.82) is 0 Å². The highest BCUT2D eigenvalue weighted by Gasteiger charge is 2.33. The fraction of sp³-hybridized carbons (Fsp3) is 0.333. The number of hydrogen-bond donors (Lipinski definition) is 1. The number of para-hydroxylation sites is 2. The van der Waals surface area contributed by atoms with Crippen molar-refractivity contribution < 1.29 is 14.3 Å². The number of benzene rings is 2. The zero-order valence-corrected chi connectivity index (χ0v) is 15.9. The van der Waals surface area contributed by atoms with Crippen molar-refractivity contribution in [2.24, 2.45) is 0 Å². The molecular weight excluding hydrogens is 342 g/mol. The molecule has 0 bridgehead atoms. The van der Waals surface area contributed by atoms with Gasteiger partial charge >= 0.3 is 0 Å². The van der Waals surface area contributed by atoms with Crippen LogP contribution in [0.4, 0.5) is 17.1 Å². The van der Waals surface area contributed by atoms with Crippen molar-refractivity contribution in [2.75, 3.05) is 35.3 Å². The molecule has 0 spiro atoms. The summed E-state index contributed by atoms with van der Waals surface area (Å²) in [6.45, 7) is 6.07. The fourth-order valence-corrected chi connectivity index (χ4v) is 3.23. The number of ether oxygens (including phenoxy) is 1. The largest absolute Gasteiger partial charge is 0.478 e. The van der Waals surface area contributed by atoms with Gasteiger partial charge in [-0.3, -0.25) is 9.59 Å². The monoisotopic (exact) mass is 367 g/mol. The summed E-state index contributed by atoms with van der Waals surface area (Å²) in [4.78, 5) is 28.6. The third kappa shape index (κ3) is 4.05. The SMILES string of the molecule is CCN(CC)c1ccc(NC(=O)CC2Oc3ccccc3N(C)C2=O)cc1. The highest BCUT2D eigenvalue weighted by Crippen LogP contribution is 2.33. The molecule has 0 radical (unpaired) electrons. The first-order valence-corrected chi connectivity index (χ1v) is 9.21. The lowest BCUT2D eigenvalue weighted by Gasteiger charge is -2.31. The van der Waals surface area contributed by atoms with Gasteiger partial charge in [-0.2, -0.15) is 0 Å². The van der Waals surface area contributed by atoms with Gasteiger partial charge < -0.3 is 19.9 Å². The quantitative estimate of drug-likeness (QED) is 0.851. The Labute approximate surface area is 159 Å². The summed E-state index contributed by atoms with van der Waals surface area (Å²) in [5.41, 5.74) is 2.53. The molecule has 0 saturated heterocycles. The maximum Gasteiger partial charge on any atom is 0.268 e. The number of carbonyl (C=O) groups is 2. The second-order valence-electron chi connectivity index (χ2n) is 6.44. The first kappa shape index (κ1) is 18.8. The van der Waals surface area contributed by atoms with Crippen LogP contribution in [0.1, 0.15) is 20.3 Å². The van der Waals surface area contributed by atoms with Crippen molar-refractivity contribution >= 4 is 28.9 Å². The average molecular weight is 367 g/mol. The average Bonchev–Trinajstić information content (AvgIpc) is 2.68. The van der Waals surface area contributed by atoms with Gasteiger partial charge in [0.05, 0.1) is 12.1 Å². The van der Waals surface area contributed by atoms with Crippen LogP contribution in [-0.2, 0) is 9.59 Å². The predicted octanol–water partition coefficient (Wildman–Crippen LogP) is 3.29. The summed E-state index contributed by atoms with van der Waals surface area (Å²) >= 11 is 0. The van der Waals surface area contributed by atoms with Gasteiger partial charge in [-0.15, -0.1) is 0 Å². The van der Waals surface area contributed by atoms with Crippen LogP contribution in [0.3, 0.4) is 0 Å². The lowest BCUT2D eigenvalue weighted by molar-refractivity contribution is -0.130. The van der Waals surface area contributed by atoms with E-state index >= 15 is 0 Å². The molecule has 3 rings (SSSR count). The van der Waals surface area contributed by atoms with Crippen LogP contribution in [0.25, 0.3) is 0 Å². The lowest BCUT2D eigenvalue weighted by atomic mass is 10.1. The Balaban J connectivity index is 1.63. The smallest absolute Gasteiger partial charge is 0.268 e. The summed E-state index contributed by atoms with van der Waals surface area (Å²) < 4.78 is 5.74. The van der Waals surface area contributed by atoms with E-state index in [9.17, 15) is 9.59 Å². The van der Waals surface area contributed by atoms with E-state index in [1.165, 1.54) is 4.90 Å². The predicted molar refractivity (Wildman–Crippen MR) is 108 cm³/mol. The van der Waals surface area contributed by atoms with E-state index < -0.39 is 6.10 Å². The Morgan fingerprint density at radius 2 is 1.78 bits per heavy atom. The highest BCUT2D eigenvalue weighted by molar-refractivity contribution is 6.03. The number of rotatable bonds is 6. The van der Waals surface area contributed by atoms with Crippen LogP contribution in [0.15, 0.2) is 48.5 Å². The maximum absolute atomic E-state index is 12.5. The zero-order chi connectivity index (χ0) is 19.4. The molecule has 2 aromatic rings. The van der Waals surface area contributed by atoms with Gasteiger partial charge in [0.2, 0.25) is 5.91 Å². The van der Waals surface area contributed by atoms with E-state index in [1.807, 2.05) is 42.5 Å². The number of likely N-dealkylation sites (N-methyl/N-ethyl adjacent to an activating group) is 1. The van der Waals surface area contributed by atoms with Crippen LogP contribution < -0.4 is 19.9 Å². The molecule has 1 aliphatic heterocycles. The number of fused-ring (bicyclic) bond motifs is 1. The molecule has 6 heteroatoms. The lowest BCUT2D eigenvalue weighted by Crippen LogP contribution is -2.45. The van der Waals surface area contributed by atoms with Gasteiger partial charge in [0.1, 0.15) is 5.75 Å². The van der Waals surface area contributed by atoms with Crippen molar-refractivity contribution in [2.45, 2.75) is 26.4 Å². The molecule has 0 aromatic heterocycles. The molecule has 1 unspecified atom stereocenters. The Morgan fingerprint density at radius 3 is 2.44 bits per heavy atom. The van der Waals surface area contributed by atoms with Crippen LogP contribution in [0, 0.1) is 0 Å². The number of nitrogens with zero attached hydrogens (tertiary/aromatic N) is 2. The molecular formula is C21H25N3O3. The Morgan fingerprint density at radius 1 is 1.11 bits per heavy atom. The van der Waals surface area contributed by atoms with E-state index in [4.69, 9.17) is 4.74 Å². The van der Waals surface area contributed by atoms with Crippen LogP contribution in [0.5, 0.6) is 5.75 Å². The normalized spacial score (nSPS) is 15.7. The van der Waals surface area contributed by atoms with Crippen LogP contribution >= 0.6 is 0 Å². The van der Waals surface area contributed by atoms with Gasteiger partial charge in [0.15, 0.2) is 6.10 Å². The van der Waals surface area contributed by atoms with Crippen molar-refractivity contribution in [3.63, 3.8) is 0 Å². The molecule has 1 heterocycles. The molecule has 0 fully saturated rings. The van der Waals surface area contributed by atoms with E-state index in [0.29, 0.717) is 17.1 Å². The van der Waals surface area contributed by atoms with Gasteiger partial charge in [-0.1, -0.05) is 12.1 Å². The number of carbonyl (C=O) groups excluding carboxylic acids is 2. The summed E-state index contributed by atoms with van der Waals surface area (Å²) in [7, 11) is 1.69. The van der Waals surface area contributed by atoms with Crippen LogP contribution in [0.2, 0.25) is 0 Å². The zero-order valence-electron chi connectivity index (χ0n) is 15.9. The molecule has 6 nitrogen and oxygen atoms in total. The second kappa shape index (κ2) is 8.12. The van der Waals surface area contributed by atoms with Crippen molar-refractivity contribution in [3.05, 3.63) is 48.5 Å². The molecule has 2 aromatic carbocycles. The van der Waals surface area contributed by atoms with Crippen molar-refractivity contribution in [3.8, 4) is 5.75 Å². The second-order valence-corrected chi connectivity index (χ2v) is 6.44. The molecule has 0 aliphatic carbocycles. The molecule has 1 atom stereocenters. The van der Waals surface area contributed by atoms with E-state index in [-0.39, 0.29) is 18.2 Å². The van der Waals surface area contributed by atoms with E-state index in [1.54, 1.807) is 13.1 Å². The topological polar surface area (TPSA) is 61.9 Å². The minimum Gasteiger partial charge on any atom is -0.478 e. The first-order chi connectivity index (χ1) is 13.0. The minimum atomic E-state index is -0.820. The number of hydrogen-bond acceptors (Lipinski definition) is 4.